The van der Waals surface area contributed by atoms with E-state index in [4.69, 9.17) is 4.98 Å². The van der Waals surface area contributed by atoms with E-state index < -0.39 is 6.03 Å². The van der Waals surface area contributed by atoms with Crippen LogP contribution >= 0.6 is 22.6 Å². The average Bonchev–Trinajstić information content (AvgIpc) is 3.36. The Labute approximate surface area is 199 Å². The van der Waals surface area contributed by atoms with Crippen LogP contribution in [0.15, 0.2) is 72.8 Å². The summed E-state index contributed by atoms with van der Waals surface area (Å²) in [5, 5.41) is 2.35. The number of aromatic nitrogens is 2. The van der Waals surface area contributed by atoms with Crippen LogP contribution in [0.1, 0.15) is 35.7 Å². The van der Waals surface area contributed by atoms with Crippen molar-refractivity contribution in [2.24, 2.45) is 0 Å². The Morgan fingerprint density at radius 2 is 1.75 bits per heavy atom. The van der Waals surface area contributed by atoms with Crippen molar-refractivity contribution in [1.29, 1.82) is 0 Å². The summed E-state index contributed by atoms with van der Waals surface area (Å²) in [6.45, 7) is 2.22. The minimum Gasteiger partial charge on any atom is -0.341 e. The van der Waals surface area contributed by atoms with E-state index in [1.165, 1.54) is 10.5 Å². The van der Waals surface area contributed by atoms with Gasteiger partial charge in [0.25, 0.3) is 0 Å². The molecular weight excluding hydrogens is 515 g/mol. The molecule has 7 heteroatoms. The molecule has 0 aliphatic carbocycles. The maximum Gasteiger partial charge on any atom is 0.329 e. The Bertz CT molecular complexity index is 1320. The van der Waals surface area contributed by atoms with Gasteiger partial charge in [0.1, 0.15) is 12.4 Å². The first-order chi connectivity index (χ1) is 15.5. The molecular formula is C25H21IN4O2. The predicted octanol–water partition coefficient (Wildman–Crippen LogP) is 5.16. The molecule has 0 spiro atoms. The molecule has 2 atom stereocenters. The Morgan fingerprint density at radius 3 is 2.50 bits per heavy atom. The number of imide groups is 1. The number of nitrogens with one attached hydrogen (secondary N) is 2. The van der Waals surface area contributed by atoms with Gasteiger partial charge in [-0.3, -0.25) is 15.0 Å². The molecule has 4 aromatic rings. The third-order valence-electron chi connectivity index (χ3n) is 5.92. The first-order valence-corrected chi connectivity index (χ1v) is 11.5. The van der Waals surface area contributed by atoms with Crippen molar-refractivity contribution >= 4 is 51.2 Å². The van der Waals surface area contributed by atoms with Crippen LogP contribution < -0.4 is 10.2 Å². The standard InChI is InChI=1S/C25H21IN4O2/c1-15(16-6-3-2-4-7-16)23(24-27-20-11-10-18(26)13-21(20)28-24)17-8-5-9-19(12-17)30-14-22(31)29-25(30)32/h2-13,15,23H,14H2,1H3,(H,27,28)(H,29,31,32)/t15-,23+/m1/s1. The zero-order chi connectivity index (χ0) is 22.2. The third kappa shape index (κ3) is 3.88. The van der Waals surface area contributed by atoms with Crippen LogP contribution in [0.25, 0.3) is 11.0 Å². The number of urea groups is 1. The van der Waals surface area contributed by atoms with Crippen molar-refractivity contribution in [3.8, 4) is 0 Å². The number of carbonyl (C=O) groups excluding carboxylic acids is 2. The number of benzene rings is 3. The topological polar surface area (TPSA) is 78.1 Å². The number of halogens is 1. The molecule has 0 unspecified atom stereocenters. The largest absolute Gasteiger partial charge is 0.341 e. The van der Waals surface area contributed by atoms with E-state index in [0.29, 0.717) is 5.69 Å². The summed E-state index contributed by atoms with van der Waals surface area (Å²) in [7, 11) is 0. The minimum atomic E-state index is -0.391. The number of imidazole rings is 1. The van der Waals surface area contributed by atoms with E-state index in [9.17, 15) is 9.59 Å². The lowest BCUT2D eigenvalue weighted by atomic mass is 9.82. The van der Waals surface area contributed by atoms with Crippen molar-refractivity contribution in [3.05, 3.63) is 93.3 Å². The van der Waals surface area contributed by atoms with E-state index in [0.717, 1.165) is 26.0 Å². The maximum absolute atomic E-state index is 12.2. The maximum atomic E-state index is 12.2. The molecule has 2 heterocycles. The fourth-order valence-electron chi connectivity index (χ4n) is 4.32. The van der Waals surface area contributed by atoms with Gasteiger partial charge in [0, 0.05) is 15.2 Å². The lowest BCUT2D eigenvalue weighted by Gasteiger charge is -2.25. The van der Waals surface area contributed by atoms with E-state index in [1.54, 1.807) is 0 Å². The van der Waals surface area contributed by atoms with Crippen LogP contribution in [0, 0.1) is 3.57 Å². The van der Waals surface area contributed by atoms with Crippen LogP contribution in [0.3, 0.4) is 0 Å². The van der Waals surface area contributed by atoms with Gasteiger partial charge < -0.3 is 4.98 Å². The number of fused-ring (bicyclic) bond motifs is 1. The van der Waals surface area contributed by atoms with Crippen molar-refractivity contribution in [1.82, 2.24) is 15.3 Å². The summed E-state index contributed by atoms with van der Waals surface area (Å²) in [6.07, 6.45) is 0. The van der Waals surface area contributed by atoms with Crippen LogP contribution in [-0.2, 0) is 4.79 Å². The van der Waals surface area contributed by atoms with Crippen LogP contribution in [0.2, 0.25) is 0 Å². The number of H-pyrrole nitrogens is 1. The molecule has 1 aliphatic heterocycles. The number of nitrogens with zero attached hydrogens (tertiary/aromatic N) is 2. The van der Waals surface area contributed by atoms with E-state index >= 15 is 0 Å². The third-order valence-corrected chi connectivity index (χ3v) is 6.59. The lowest BCUT2D eigenvalue weighted by Crippen LogP contribution is -2.28. The summed E-state index contributed by atoms with van der Waals surface area (Å²) in [5.74, 6) is 0.642. The number of anilines is 1. The molecule has 2 N–H and O–H groups in total. The highest BCUT2D eigenvalue weighted by molar-refractivity contribution is 14.1. The fraction of sp³-hybridized carbons (Fsp3) is 0.160. The second-order valence-corrected chi connectivity index (χ2v) is 9.24. The second kappa shape index (κ2) is 8.38. The SMILES string of the molecule is C[C@H](c1ccccc1)[C@@H](c1cccc(N2CC(=O)NC2=O)c1)c1nc2ccc(I)cc2[nH]1. The van der Waals surface area contributed by atoms with Gasteiger partial charge in [0.05, 0.1) is 11.0 Å². The van der Waals surface area contributed by atoms with Gasteiger partial charge in [-0.2, -0.15) is 0 Å². The molecule has 5 rings (SSSR count). The number of aromatic amines is 1. The lowest BCUT2D eigenvalue weighted by molar-refractivity contribution is -0.117. The monoisotopic (exact) mass is 536 g/mol. The molecule has 0 radical (unpaired) electrons. The molecule has 0 bridgehead atoms. The molecule has 3 aromatic carbocycles. The molecule has 6 nitrogen and oxygen atoms in total. The smallest absolute Gasteiger partial charge is 0.329 e. The van der Waals surface area contributed by atoms with Crippen molar-refractivity contribution < 1.29 is 9.59 Å². The summed E-state index contributed by atoms with van der Waals surface area (Å²) < 4.78 is 1.14. The van der Waals surface area contributed by atoms with Crippen LogP contribution in [0.5, 0.6) is 0 Å². The minimum absolute atomic E-state index is 0.0320. The summed E-state index contributed by atoms with van der Waals surface area (Å²) in [4.78, 5) is 33.8. The molecule has 32 heavy (non-hydrogen) atoms. The number of hydrogen-bond donors (Lipinski definition) is 2. The number of rotatable bonds is 5. The number of carbonyl (C=O) groups is 2. The first kappa shape index (κ1) is 20.7. The van der Waals surface area contributed by atoms with E-state index in [2.05, 4.69) is 64.1 Å². The summed E-state index contributed by atoms with van der Waals surface area (Å²) in [6, 6.07) is 23.9. The summed E-state index contributed by atoms with van der Waals surface area (Å²) >= 11 is 2.30. The van der Waals surface area contributed by atoms with Crippen molar-refractivity contribution in [3.63, 3.8) is 0 Å². The van der Waals surface area contributed by atoms with Crippen molar-refractivity contribution in [2.45, 2.75) is 18.8 Å². The fourth-order valence-corrected chi connectivity index (χ4v) is 4.81. The first-order valence-electron chi connectivity index (χ1n) is 10.4. The second-order valence-electron chi connectivity index (χ2n) is 8.00. The van der Waals surface area contributed by atoms with Crippen molar-refractivity contribution in [2.75, 3.05) is 11.4 Å². The Hall–Kier alpha value is -3.20. The Kier molecular flexibility index (Phi) is 5.42. The molecule has 3 amide bonds. The highest BCUT2D eigenvalue weighted by atomic mass is 127. The van der Waals surface area contributed by atoms with Gasteiger partial charge in [-0.15, -0.1) is 0 Å². The molecule has 1 saturated heterocycles. The quantitative estimate of drug-likeness (QED) is 0.273. The zero-order valence-electron chi connectivity index (χ0n) is 17.4. The Balaban J connectivity index is 1.62. The molecule has 1 aliphatic rings. The predicted molar refractivity (Wildman–Crippen MR) is 133 cm³/mol. The van der Waals surface area contributed by atoms with Gasteiger partial charge in [-0.1, -0.05) is 49.4 Å². The zero-order valence-corrected chi connectivity index (χ0v) is 19.5. The molecule has 1 aromatic heterocycles. The summed E-state index contributed by atoms with van der Waals surface area (Å²) in [5.41, 5.74) is 4.85. The highest BCUT2D eigenvalue weighted by Gasteiger charge is 2.30. The normalized spacial score (nSPS) is 15.8. The van der Waals surface area contributed by atoms with E-state index in [1.807, 2.05) is 48.5 Å². The molecule has 0 saturated carbocycles. The highest BCUT2D eigenvalue weighted by Crippen LogP contribution is 2.39. The van der Waals surface area contributed by atoms with E-state index in [-0.39, 0.29) is 24.3 Å². The molecule has 160 valence electrons. The van der Waals surface area contributed by atoms with Gasteiger partial charge in [-0.25, -0.2) is 9.78 Å². The molecule has 1 fully saturated rings. The van der Waals surface area contributed by atoms with Gasteiger partial charge in [-0.05, 0) is 70.0 Å². The van der Waals surface area contributed by atoms with Gasteiger partial charge in [0.15, 0.2) is 0 Å². The number of hydrogen-bond acceptors (Lipinski definition) is 3. The van der Waals surface area contributed by atoms with Gasteiger partial charge >= 0.3 is 6.03 Å². The average molecular weight is 536 g/mol. The number of amides is 3. The van der Waals surface area contributed by atoms with Crippen LogP contribution in [-0.4, -0.2) is 28.5 Å². The Morgan fingerprint density at radius 1 is 0.969 bits per heavy atom. The van der Waals surface area contributed by atoms with Gasteiger partial charge in [0.2, 0.25) is 5.91 Å². The van der Waals surface area contributed by atoms with Crippen LogP contribution in [0.4, 0.5) is 10.5 Å².